The molecule has 9 heteroatoms. The third kappa shape index (κ3) is 3.29. The van der Waals surface area contributed by atoms with Crippen LogP contribution in [0.25, 0.3) is 0 Å². The van der Waals surface area contributed by atoms with Crippen molar-refractivity contribution in [2.24, 2.45) is 0 Å². The summed E-state index contributed by atoms with van der Waals surface area (Å²) in [5.74, 6) is 0.0868. The molecule has 1 amide bonds. The van der Waals surface area contributed by atoms with Crippen molar-refractivity contribution in [3.8, 4) is 0 Å². The van der Waals surface area contributed by atoms with Crippen molar-refractivity contribution in [3.05, 3.63) is 51.1 Å². The van der Waals surface area contributed by atoms with Gasteiger partial charge in [0.15, 0.2) is 0 Å². The molecular formula is C11H10ClN5O3. The van der Waals surface area contributed by atoms with Crippen molar-refractivity contribution in [1.82, 2.24) is 20.5 Å². The fraction of sp³-hybridized carbons (Fsp3) is 0.182. The zero-order valence-corrected chi connectivity index (χ0v) is 10.9. The van der Waals surface area contributed by atoms with Gasteiger partial charge < -0.3 is 5.32 Å². The summed E-state index contributed by atoms with van der Waals surface area (Å²) in [5.41, 5.74) is -0.355. The molecule has 0 saturated heterocycles. The highest BCUT2D eigenvalue weighted by Gasteiger charge is 2.20. The molecule has 1 heterocycles. The molecule has 0 aliphatic rings. The molecule has 8 nitrogen and oxygen atoms in total. The number of amides is 1. The third-order valence-corrected chi connectivity index (χ3v) is 2.75. The number of rotatable bonds is 5. The van der Waals surface area contributed by atoms with Crippen molar-refractivity contribution in [2.75, 3.05) is 6.54 Å². The third-order valence-electron chi connectivity index (χ3n) is 2.51. The minimum Gasteiger partial charge on any atom is -0.351 e. The Morgan fingerprint density at radius 2 is 2.30 bits per heavy atom. The average molecular weight is 296 g/mol. The number of carbonyl (C=O) groups is 1. The highest BCUT2D eigenvalue weighted by molar-refractivity contribution is 6.31. The number of halogens is 1. The molecule has 0 atom stereocenters. The van der Waals surface area contributed by atoms with Crippen LogP contribution in [0.1, 0.15) is 16.2 Å². The van der Waals surface area contributed by atoms with Crippen LogP contribution in [0.5, 0.6) is 0 Å². The number of hydrogen-bond donors (Lipinski definition) is 2. The number of nitro benzene ring substituents is 1. The van der Waals surface area contributed by atoms with Crippen molar-refractivity contribution in [2.45, 2.75) is 6.42 Å². The standard InChI is InChI=1S/C11H10ClN5O3/c12-7-1-2-8(9(5-7)17(19)20)11(18)13-4-3-10-14-6-15-16-10/h1-2,5-6H,3-4H2,(H,13,18)(H,14,15,16). The van der Waals surface area contributed by atoms with E-state index in [4.69, 9.17) is 11.6 Å². The second kappa shape index (κ2) is 6.11. The Kier molecular flexibility index (Phi) is 4.26. The topological polar surface area (TPSA) is 114 Å². The molecule has 2 rings (SSSR count). The summed E-state index contributed by atoms with van der Waals surface area (Å²) in [7, 11) is 0. The summed E-state index contributed by atoms with van der Waals surface area (Å²) in [6.07, 6.45) is 1.81. The van der Waals surface area contributed by atoms with E-state index in [0.717, 1.165) is 6.07 Å². The van der Waals surface area contributed by atoms with E-state index in [-0.39, 0.29) is 22.8 Å². The molecule has 0 fully saturated rings. The van der Waals surface area contributed by atoms with Crippen molar-refractivity contribution >= 4 is 23.2 Å². The number of benzene rings is 1. The van der Waals surface area contributed by atoms with Gasteiger partial charge in [0.05, 0.1) is 4.92 Å². The van der Waals surface area contributed by atoms with Gasteiger partial charge in [-0.25, -0.2) is 4.98 Å². The number of aromatic nitrogens is 3. The zero-order valence-electron chi connectivity index (χ0n) is 10.2. The first kappa shape index (κ1) is 13.9. The molecule has 1 aromatic heterocycles. The smallest absolute Gasteiger partial charge is 0.283 e. The van der Waals surface area contributed by atoms with Crippen LogP contribution in [0, 0.1) is 10.1 Å². The van der Waals surface area contributed by atoms with E-state index in [1.807, 2.05) is 0 Å². The number of nitro groups is 1. The second-order valence-electron chi connectivity index (χ2n) is 3.86. The summed E-state index contributed by atoms with van der Waals surface area (Å²) < 4.78 is 0. The number of carbonyl (C=O) groups excluding carboxylic acids is 1. The fourth-order valence-corrected chi connectivity index (χ4v) is 1.76. The lowest BCUT2D eigenvalue weighted by atomic mass is 10.1. The van der Waals surface area contributed by atoms with Gasteiger partial charge in [-0.15, -0.1) is 0 Å². The molecule has 2 aromatic rings. The molecule has 0 saturated carbocycles. The number of nitrogens with zero attached hydrogens (tertiary/aromatic N) is 3. The molecule has 0 aliphatic carbocycles. The van der Waals surface area contributed by atoms with E-state index in [1.54, 1.807) is 0 Å². The first-order valence-corrected chi connectivity index (χ1v) is 6.02. The van der Waals surface area contributed by atoms with Crippen LogP contribution in [-0.2, 0) is 6.42 Å². The first-order valence-electron chi connectivity index (χ1n) is 5.64. The van der Waals surface area contributed by atoms with Crippen LogP contribution >= 0.6 is 11.6 Å². The minimum atomic E-state index is -0.642. The van der Waals surface area contributed by atoms with Crippen molar-refractivity contribution in [1.29, 1.82) is 0 Å². The van der Waals surface area contributed by atoms with Crippen LogP contribution in [0.15, 0.2) is 24.5 Å². The van der Waals surface area contributed by atoms with E-state index in [0.29, 0.717) is 12.2 Å². The summed E-state index contributed by atoms with van der Waals surface area (Å²) in [5, 5.41) is 20.0. The highest BCUT2D eigenvalue weighted by atomic mass is 35.5. The number of nitrogens with one attached hydrogen (secondary N) is 2. The van der Waals surface area contributed by atoms with E-state index in [2.05, 4.69) is 20.5 Å². The van der Waals surface area contributed by atoms with Crippen LogP contribution in [0.4, 0.5) is 5.69 Å². The van der Waals surface area contributed by atoms with Gasteiger partial charge >= 0.3 is 0 Å². The van der Waals surface area contributed by atoms with Gasteiger partial charge in [-0.2, -0.15) is 5.10 Å². The Morgan fingerprint density at radius 3 is 2.95 bits per heavy atom. The molecule has 0 bridgehead atoms. The zero-order chi connectivity index (χ0) is 14.5. The molecule has 0 unspecified atom stereocenters. The lowest BCUT2D eigenvalue weighted by Crippen LogP contribution is -2.26. The van der Waals surface area contributed by atoms with Gasteiger partial charge in [-0.1, -0.05) is 11.6 Å². The summed E-state index contributed by atoms with van der Waals surface area (Å²) in [6, 6.07) is 3.90. The van der Waals surface area contributed by atoms with Crippen molar-refractivity contribution < 1.29 is 9.72 Å². The van der Waals surface area contributed by atoms with Crippen LogP contribution in [-0.4, -0.2) is 32.6 Å². The van der Waals surface area contributed by atoms with Gasteiger partial charge in [0.1, 0.15) is 17.7 Å². The lowest BCUT2D eigenvalue weighted by molar-refractivity contribution is -0.385. The largest absolute Gasteiger partial charge is 0.351 e. The van der Waals surface area contributed by atoms with Gasteiger partial charge in [0.25, 0.3) is 11.6 Å². The van der Waals surface area contributed by atoms with E-state index in [9.17, 15) is 14.9 Å². The molecule has 0 radical (unpaired) electrons. The molecule has 0 spiro atoms. The van der Waals surface area contributed by atoms with Gasteiger partial charge in [-0.05, 0) is 12.1 Å². The fourth-order valence-electron chi connectivity index (χ4n) is 1.59. The summed E-state index contributed by atoms with van der Waals surface area (Å²) >= 11 is 5.68. The van der Waals surface area contributed by atoms with Crippen molar-refractivity contribution in [3.63, 3.8) is 0 Å². The maximum Gasteiger partial charge on any atom is 0.283 e. The van der Waals surface area contributed by atoms with Crippen LogP contribution in [0.3, 0.4) is 0 Å². The quantitative estimate of drug-likeness (QED) is 0.638. The first-order chi connectivity index (χ1) is 9.58. The Morgan fingerprint density at radius 1 is 1.50 bits per heavy atom. The van der Waals surface area contributed by atoms with Gasteiger partial charge in [0.2, 0.25) is 0 Å². The number of hydrogen-bond acceptors (Lipinski definition) is 5. The monoisotopic (exact) mass is 295 g/mol. The predicted octanol–water partition coefficient (Wildman–Crippen LogP) is 1.34. The maximum atomic E-state index is 11.9. The molecule has 104 valence electrons. The van der Waals surface area contributed by atoms with E-state index < -0.39 is 10.8 Å². The van der Waals surface area contributed by atoms with Gasteiger partial charge in [-0.3, -0.25) is 20.0 Å². The molecule has 20 heavy (non-hydrogen) atoms. The predicted molar refractivity (Wildman–Crippen MR) is 70.5 cm³/mol. The number of H-pyrrole nitrogens is 1. The Bertz CT molecular complexity index is 629. The molecule has 2 N–H and O–H groups in total. The van der Waals surface area contributed by atoms with Crippen LogP contribution in [0.2, 0.25) is 5.02 Å². The highest BCUT2D eigenvalue weighted by Crippen LogP contribution is 2.22. The minimum absolute atomic E-state index is 0.0306. The molecule has 1 aromatic carbocycles. The van der Waals surface area contributed by atoms with Gasteiger partial charge in [0, 0.05) is 24.1 Å². The normalized spacial score (nSPS) is 10.2. The second-order valence-corrected chi connectivity index (χ2v) is 4.29. The van der Waals surface area contributed by atoms with Crippen LogP contribution < -0.4 is 5.32 Å². The number of aromatic amines is 1. The van der Waals surface area contributed by atoms with E-state index in [1.165, 1.54) is 18.5 Å². The summed E-state index contributed by atoms with van der Waals surface area (Å²) in [4.78, 5) is 26.0. The average Bonchev–Trinajstić information content (AvgIpc) is 2.91. The van der Waals surface area contributed by atoms with E-state index >= 15 is 0 Å². The maximum absolute atomic E-state index is 11.9. The molecule has 0 aliphatic heterocycles. The lowest BCUT2D eigenvalue weighted by Gasteiger charge is -2.05. The SMILES string of the molecule is O=C(NCCc1ncn[nH]1)c1ccc(Cl)cc1[N+](=O)[O-]. The Balaban J connectivity index is 2.03. The summed E-state index contributed by atoms with van der Waals surface area (Å²) in [6.45, 7) is 0.286. The Hall–Kier alpha value is -2.48. The Labute approximate surface area is 118 Å². The molecular weight excluding hydrogens is 286 g/mol.